The number of halogens is 1. The first-order valence-corrected chi connectivity index (χ1v) is 6.84. The molecule has 0 aliphatic carbocycles. The number of hydrogen-bond acceptors (Lipinski definition) is 3. The molecule has 0 bridgehead atoms. The molecule has 0 fully saturated rings. The molecule has 2 aromatic heterocycles. The topological polar surface area (TPSA) is 39.2 Å². The Morgan fingerprint density at radius 3 is 2.71 bits per heavy atom. The SMILES string of the molecule is NC(c1ccc(Br)o1)c1cc2ccccc2s1. The molecule has 0 saturated carbocycles. The van der Waals surface area contributed by atoms with Gasteiger partial charge in [0.25, 0.3) is 0 Å². The van der Waals surface area contributed by atoms with E-state index in [1.165, 1.54) is 10.1 Å². The fourth-order valence-corrected chi connectivity index (χ4v) is 3.18. The summed E-state index contributed by atoms with van der Waals surface area (Å²) in [7, 11) is 0. The van der Waals surface area contributed by atoms with E-state index in [4.69, 9.17) is 10.2 Å². The van der Waals surface area contributed by atoms with Crippen LogP contribution < -0.4 is 5.73 Å². The summed E-state index contributed by atoms with van der Waals surface area (Å²) in [5.74, 6) is 0.781. The summed E-state index contributed by atoms with van der Waals surface area (Å²) in [5.41, 5.74) is 6.19. The van der Waals surface area contributed by atoms with Gasteiger partial charge in [-0.2, -0.15) is 0 Å². The van der Waals surface area contributed by atoms with Crippen molar-refractivity contribution in [2.45, 2.75) is 6.04 Å². The molecular weight excluding hydrogens is 298 g/mol. The van der Waals surface area contributed by atoms with Gasteiger partial charge in [0.1, 0.15) is 5.76 Å². The summed E-state index contributed by atoms with van der Waals surface area (Å²) in [6.07, 6.45) is 0. The molecule has 1 unspecified atom stereocenters. The Bertz CT molecular complexity index is 625. The third-order valence-corrected chi connectivity index (χ3v) is 4.28. The van der Waals surface area contributed by atoms with Crippen molar-refractivity contribution in [1.82, 2.24) is 0 Å². The lowest BCUT2D eigenvalue weighted by molar-refractivity contribution is 0.472. The van der Waals surface area contributed by atoms with Crippen molar-refractivity contribution >= 4 is 37.4 Å². The van der Waals surface area contributed by atoms with Gasteiger partial charge in [-0.3, -0.25) is 0 Å². The Labute approximate surface area is 111 Å². The van der Waals surface area contributed by atoms with E-state index in [2.05, 4.69) is 34.1 Å². The van der Waals surface area contributed by atoms with Crippen LogP contribution in [0.4, 0.5) is 0 Å². The Morgan fingerprint density at radius 2 is 2.00 bits per heavy atom. The fraction of sp³-hybridized carbons (Fsp3) is 0.0769. The fourth-order valence-electron chi connectivity index (χ4n) is 1.79. The van der Waals surface area contributed by atoms with E-state index in [-0.39, 0.29) is 6.04 Å². The van der Waals surface area contributed by atoms with Gasteiger partial charge in [0.2, 0.25) is 0 Å². The number of thiophene rings is 1. The van der Waals surface area contributed by atoms with Gasteiger partial charge in [-0.25, -0.2) is 0 Å². The molecule has 0 aliphatic rings. The quantitative estimate of drug-likeness (QED) is 0.766. The van der Waals surface area contributed by atoms with Crippen LogP contribution in [-0.4, -0.2) is 0 Å². The van der Waals surface area contributed by atoms with Gasteiger partial charge in [-0.15, -0.1) is 11.3 Å². The highest BCUT2D eigenvalue weighted by Crippen LogP contribution is 2.32. The van der Waals surface area contributed by atoms with Crippen molar-refractivity contribution in [1.29, 1.82) is 0 Å². The average Bonchev–Trinajstić information content (AvgIpc) is 2.93. The van der Waals surface area contributed by atoms with Crippen molar-refractivity contribution in [3.05, 3.63) is 57.8 Å². The molecule has 17 heavy (non-hydrogen) atoms. The molecule has 2 N–H and O–H groups in total. The summed E-state index contributed by atoms with van der Waals surface area (Å²) < 4.78 is 7.46. The maximum Gasteiger partial charge on any atom is 0.169 e. The third-order valence-electron chi connectivity index (χ3n) is 2.65. The zero-order valence-electron chi connectivity index (χ0n) is 8.89. The summed E-state index contributed by atoms with van der Waals surface area (Å²) in [6, 6.07) is 14.0. The van der Waals surface area contributed by atoms with Crippen molar-refractivity contribution in [2.75, 3.05) is 0 Å². The standard InChI is InChI=1S/C13H10BrNOS/c14-12-6-5-9(16-12)13(15)11-7-8-3-1-2-4-10(8)17-11/h1-7,13H,15H2. The zero-order valence-corrected chi connectivity index (χ0v) is 11.3. The molecule has 0 radical (unpaired) electrons. The van der Waals surface area contributed by atoms with Crippen LogP contribution in [0.5, 0.6) is 0 Å². The van der Waals surface area contributed by atoms with Crippen LogP contribution in [0, 0.1) is 0 Å². The van der Waals surface area contributed by atoms with Gasteiger partial charge in [-0.1, -0.05) is 18.2 Å². The summed E-state index contributed by atoms with van der Waals surface area (Å²) >= 11 is 5.00. The molecule has 0 saturated heterocycles. The lowest BCUT2D eigenvalue weighted by atomic mass is 10.2. The van der Waals surface area contributed by atoms with Gasteiger partial charge < -0.3 is 10.2 Å². The molecule has 0 aliphatic heterocycles. The predicted molar refractivity (Wildman–Crippen MR) is 74.3 cm³/mol. The van der Waals surface area contributed by atoms with Gasteiger partial charge in [-0.05, 0) is 45.6 Å². The molecule has 3 aromatic rings. The molecule has 0 amide bonds. The second-order valence-electron chi connectivity index (χ2n) is 3.81. The minimum atomic E-state index is -0.196. The first-order valence-electron chi connectivity index (χ1n) is 5.23. The van der Waals surface area contributed by atoms with Crippen molar-refractivity contribution in [2.24, 2.45) is 5.73 Å². The molecule has 1 atom stereocenters. The van der Waals surface area contributed by atoms with Gasteiger partial charge >= 0.3 is 0 Å². The monoisotopic (exact) mass is 307 g/mol. The highest BCUT2D eigenvalue weighted by molar-refractivity contribution is 9.10. The van der Waals surface area contributed by atoms with E-state index in [0.717, 1.165) is 10.6 Å². The van der Waals surface area contributed by atoms with Gasteiger partial charge in [0, 0.05) is 9.58 Å². The van der Waals surface area contributed by atoms with Crippen LogP contribution in [0.15, 0.2) is 51.6 Å². The van der Waals surface area contributed by atoms with E-state index < -0.39 is 0 Å². The number of benzene rings is 1. The lowest BCUT2D eigenvalue weighted by Crippen LogP contribution is -2.08. The van der Waals surface area contributed by atoms with Crippen LogP contribution in [-0.2, 0) is 0 Å². The highest BCUT2D eigenvalue weighted by atomic mass is 79.9. The summed E-state index contributed by atoms with van der Waals surface area (Å²) in [6.45, 7) is 0. The molecule has 3 rings (SSSR count). The summed E-state index contributed by atoms with van der Waals surface area (Å²) in [5, 5.41) is 1.23. The first kappa shape index (κ1) is 11.0. The van der Waals surface area contributed by atoms with Crippen molar-refractivity contribution < 1.29 is 4.42 Å². The Balaban J connectivity index is 2.03. The lowest BCUT2D eigenvalue weighted by Gasteiger charge is -2.04. The van der Waals surface area contributed by atoms with Crippen LogP contribution >= 0.6 is 27.3 Å². The third kappa shape index (κ3) is 2.04. The molecular formula is C13H10BrNOS. The van der Waals surface area contributed by atoms with Crippen molar-refractivity contribution in [3.8, 4) is 0 Å². The number of rotatable bonds is 2. The Kier molecular flexibility index (Phi) is 2.78. The molecule has 2 nitrogen and oxygen atoms in total. The van der Waals surface area contributed by atoms with Gasteiger partial charge in [0.05, 0.1) is 6.04 Å². The van der Waals surface area contributed by atoms with Crippen LogP contribution in [0.2, 0.25) is 0 Å². The van der Waals surface area contributed by atoms with Crippen LogP contribution in [0.1, 0.15) is 16.7 Å². The van der Waals surface area contributed by atoms with E-state index in [1.807, 2.05) is 24.3 Å². The number of nitrogens with two attached hydrogens (primary N) is 1. The van der Waals surface area contributed by atoms with E-state index in [9.17, 15) is 0 Å². The molecule has 1 aromatic carbocycles. The minimum Gasteiger partial charge on any atom is -0.452 e. The van der Waals surface area contributed by atoms with Crippen LogP contribution in [0.3, 0.4) is 0 Å². The Hall–Kier alpha value is -1.10. The molecule has 2 heterocycles. The first-order chi connectivity index (χ1) is 8.24. The molecule has 4 heteroatoms. The second-order valence-corrected chi connectivity index (χ2v) is 5.70. The van der Waals surface area contributed by atoms with E-state index >= 15 is 0 Å². The number of hydrogen-bond donors (Lipinski definition) is 1. The maximum atomic E-state index is 6.19. The minimum absolute atomic E-state index is 0.196. The predicted octanol–water partition coefficient (Wildman–Crippen LogP) is 4.30. The normalized spacial score (nSPS) is 13.1. The smallest absolute Gasteiger partial charge is 0.169 e. The zero-order chi connectivity index (χ0) is 11.8. The van der Waals surface area contributed by atoms with Crippen LogP contribution in [0.25, 0.3) is 10.1 Å². The molecule has 86 valence electrons. The van der Waals surface area contributed by atoms with E-state index in [0.29, 0.717) is 4.67 Å². The summed E-state index contributed by atoms with van der Waals surface area (Å²) in [4.78, 5) is 1.12. The largest absolute Gasteiger partial charge is 0.452 e. The molecule has 0 spiro atoms. The highest BCUT2D eigenvalue weighted by Gasteiger charge is 2.15. The number of fused-ring (bicyclic) bond motifs is 1. The Morgan fingerprint density at radius 1 is 1.18 bits per heavy atom. The maximum absolute atomic E-state index is 6.19. The number of furan rings is 1. The van der Waals surface area contributed by atoms with E-state index in [1.54, 1.807) is 11.3 Å². The van der Waals surface area contributed by atoms with Crippen molar-refractivity contribution in [3.63, 3.8) is 0 Å². The average molecular weight is 308 g/mol. The second kappa shape index (κ2) is 4.29. The van der Waals surface area contributed by atoms with Gasteiger partial charge in [0.15, 0.2) is 4.67 Å².